The van der Waals surface area contributed by atoms with E-state index in [0.29, 0.717) is 0 Å². The maximum absolute atomic E-state index is 11.1. The number of nitrogens with zero attached hydrogens (tertiary/aromatic N) is 1. The smallest absolute Gasteiger partial charge is 0.306 e. The number of aliphatic carboxylic acids is 1. The van der Waals surface area contributed by atoms with E-state index in [1.807, 2.05) is 12.3 Å². The number of aryl methyl sites for hydroxylation is 1. The number of thiazole rings is 1. The molecule has 1 aromatic heterocycles. The molecule has 1 aliphatic rings. The predicted octanol–water partition coefficient (Wildman–Crippen LogP) is 2.89. The molecule has 1 fully saturated rings. The third kappa shape index (κ3) is 2.61. The summed E-state index contributed by atoms with van der Waals surface area (Å²) >= 11 is 1.65. The van der Waals surface area contributed by atoms with Crippen LogP contribution in [0.3, 0.4) is 0 Å². The van der Waals surface area contributed by atoms with E-state index in [4.69, 9.17) is 0 Å². The minimum atomic E-state index is -0.627. The summed E-state index contributed by atoms with van der Waals surface area (Å²) in [6.07, 6.45) is 4.94. The van der Waals surface area contributed by atoms with Crippen LogP contribution in [0.2, 0.25) is 0 Å². The average Bonchev–Trinajstić information content (AvgIpc) is 2.64. The van der Waals surface area contributed by atoms with Gasteiger partial charge in [0.2, 0.25) is 0 Å². The maximum Gasteiger partial charge on any atom is 0.306 e. The van der Waals surface area contributed by atoms with Gasteiger partial charge in [-0.05, 0) is 25.7 Å². The summed E-state index contributed by atoms with van der Waals surface area (Å²) in [5, 5.41) is 12.3. The molecule has 16 heavy (non-hydrogen) atoms. The van der Waals surface area contributed by atoms with Crippen LogP contribution in [0.5, 0.6) is 0 Å². The molecule has 2 unspecified atom stereocenters. The molecule has 3 nitrogen and oxygen atoms in total. The van der Waals surface area contributed by atoms with Gasteiger partial charge in [-0.15, -0.1) is 11.3 Å². The summed E-state index contributed by atoms with van der Waals surface area (Å²) in [7, 11) is 0. The first kappa shape index (κ1) is 11.6. The van der Waals surface area contributed by atoms with E-state index in [1.165, 1.54) is 6.42 Å². The van der Waals surface area contributed by atoms with Crippen LogP contribution in [-0.2, 0) is 11.2 Å². The molecule has 0 saturated heterocycles. The summed E-state index contributed by atoms with van der Waals surface area (Å²) in [4.78, 5) is 15.6. The maximum atomic E-state index is 11.1. The highest BCUT2D eigenvalue weighted by molar-refractivity contribution is 7.09. The Hall–Kier alpha value is -0.900. The Morgan fingerprint density at radius 3 is 2.94 bits per heavy atom. The summed E-state index contributed by atoms with van der Waals surface area (Å²) < 4.78 is 0. The Labute approximate surface area is 99.5 Å². The van der Waals surface area contributed by atoms with Gasteiger partial charge < -0.3 is 5.11 Å². The van der Waals surface area contributed by atoms with Crippen molar-refractivity contribution in [1.29, 1.82) is 0 Å². The van der Waals surface area contributed by atoms with E-state index < -0.39 is 5.97 Å². The van der Waals surface area contributed by atoms with E-state index in [1.54, 1.807) is 11.3 Å². The van der Waals surface area contributed by atoms with Gasteiger partial charge in [-0.3, -0.25) is 4.79 Å². The van der Waals surface area contributed by atoms with Crippen molar-refractivity contribution in [3.05, 3.63) is 16.1 Å². The molecule has 88 valence electrons. The van der Waals surface area contributed by atoms with Crippen molar-refractivity contribution in [3.8, 4) is 0 Å². The minimum absolute atomic E-state index is 0.155. The third-order valence-electron chi connectivity index (χ3n) is 3.33. The molecule has 0 radical (unpaired) electrons. The Bertz CT molecular complexity index is 375. The molecule has 1 aliphatic carbocycles. The fraction of sp³-hybridized carbons (Fsp3) is 0.667. The molecule has 1 saturated carbocycles. The second-order valence-electron chi connectivity index (χ2n) is 4.58. The zero-order valence-corrected chi connectivity index (χ0v) is 10.3. The standard InChI is InChI=1S/C12H17NO2S/c1-8-7-16-11(13-8)6-9-4-2-3-5-10(9)12(14)15/h7,9-10H,2-6H2,1H3,(H,14,15). The lowest BCUT2D eigenvalue weighted by Gasteiger charge is -2.27. The van der Waals surface area contributed by atoms with Gasteiger partial charge in [0.15, 0.2) is 0 Å². The topological polar surface area (TPSA) is 50.2 Å². The number of hydrogen-bond donors (Lipinski definition) is 1. The second kappa shape index (κ2) is 4.95. The number of hydrogen-bond acceptors (Lipinski definition) is 3. The first-order valence-electron chi connectivity index (χ1n) is 5.80. The lowest BCUT2D eigenvalue weighted by atomic mass is 9.77. The molecule has 2 rings (SSSR count). The van der Waals surface area contributed by atoms with Gasteiger partial charge in [0.05, 0.1) is 10.9 Å². The van der Waals surface area contributed by atoms with E-state index in [9.17, 15) is 9.90 Å². The molecular weight excluding hydrogens is 222 g/mol. The third-order valence-corrected chi connectivity index (χ3v) is 4.32. The van der Waals surface area contributed by atoms with Gasteiger partial charge in [0.25, 0.3) is 0 Å². The van der Waals surface area contributed by atoms with Crippen LogP contribution in [0, 0.1) is 18.8 Å². The summed E-state index contributed by atoms with van der Waals surface area (Å²) in [6, 6.07) is 0. The van der Waals surface area contributed by atoms with Crippen molar-refractivity contribution in [2.45, 2.75) is 39.0 Å². The normalized spacial score (nSPS) is 25.6. The van der Waals surface area contributed by atoms with Crippen LogP contribution in [0.1, 0.15) is 36.4 Å². The lowest BCUT2D eigenvalue weighted by molar-refractivity contribution is -0.144. The molecule has 0 amide bonds. The molecule has 0 bridgehead atoms. The Morgan fingerprint density at radius 1 is 1.56 bits per heavy atom. The first-order valence-corrected chi connectivity index (χ1v) is 6.68. The molecule has 1 heterocycles. The Balaban J connectivity index is 2.03. The summed E-state index contributed by atoms with van der Waals surface area (Å²) in [5.74, 6) is -0.493. The molecule has 0 aromatic carbocycles. The van der Waals surface area contributed by atoms with Crippen LogP contribution in [-0.4, -0.2) is 16.1 Å². The van der Waals surface area contributed by atoms with Gasteiger partial charge in [-0.1, -0.05) is 12.8 Å². The van der Waals surface area contributed by atoms with E-state index in [-0.39, 0.29) is 11.8 Å². The fourth-order valence-electron chi connectivity index (χ4n) is 2.50. The van der Waals surface area contributed by atoms with Gasteiger partial charge in [-0.25, -0.2) is 4.98 Å². The lowest BCUT2D eigenvalue weighted by Crippen LogP contribution is -2.28. The molecule has 0 spiro atoms. The highest BCUT2D eigenvalue weighted by Crippen LogP contribution is 2.33. The quantitative estimate of drug-likeness (QED) is 0.882. The number of carboxylic acid groups (broad SMARTS) is 1. The summed E-state index contributed by atoms with van der Waals surface area (Å²) in [6.45, 7) is 1.98. The van der Waals surface area contributed by atoms with Gasteiger partial charge in [0.1, 0.15) is 0 Å². The van der Waals surface area contributed by atoms with E-state index in [0.717, 1.165) is 36.4 Å². The fourth-order valence-corrected chi connectivity index (χ4v) is 3.36. The molecule has 0 aliphatic heterocycles. The van der Waals surface area contributed by atoms with Crippen molar-refractivity contribution in [2.24, 2.45) is 11.8 Å². The van der Waals surface area contributed by atoms with Crippen molar-refractivity contribution in [2.75, 3.05) is 0 Å². The molecule has 2 atom stereocenters. The number of carboxylic acids is 1. The predicted molar refractivity (Wildman–Crippen MR) is 63.6 cm³/mol. The monoisotopic (exact) mass is 239 g/mol. The minimum Gasteiger partial charge on any atom is -0.481 e. The highest BCUT2D eigenvalue weighted by Gasteiger charge is 2.31. The number of carbonyl (C=O) groups is 1. The summed E-state index contributed by atoms with van der Waals surface area (Å²) in [5.41, 5.74) is 1.04. The van der Waals surface area contributed by atoms with Crippen molar-refractivity contribution in [3.63, 3.8) is 0 Å². The largest absolute Gasteiger partial charge is 0.481 e. The molecule has 4 heteroatoms. The number of rotatable bonds is 3. The van der Waals surface area contributed by atoms with E-state index in [2.05, 4.69) is 4.98 Å². The SMILES string of the molecule is Cc1csc(CC2CCCCC2C(=O)O)n1. The van der Waals surface area contributed by atoms with Gasteiger partial charge in [0, 0.05) is 17.5 Å². The van der Waals surface area contributed by atoms with E-state index >= 15 is 0 Å². The van der Waals surface area contributed by atoms with Crippen LogP contribution < -0.4 is 0 Å². The zero-order chi connectivity index (χ0) is 11.5. The first-order chi connectivity index (χ1) is 7.66. The van der Waals surface area contributed by atoms with Crippen LogP contribution in [0.4, 0.5) is 0 Å². The Morgan fingerprint density at radius 2 is 2.31 bits per heavy atom. The Kier molecular flexibility index (Phi) is 3.59. The molecule has 1 N–H and O–H groups in total. The van der Waals surface area contributed by atoms with Crippen molar-refractivity contribution < 1.29 is 9.90 Å². The second-order valence-corrected chi connectivity index (χ2v) is 5.52. The van der Waals surface area contributed by atoms with Gasteiger partial charge >= 0.3 is 5.97 Å². The highest BCUT2D eigenvalue weighted by atomic mass is 32.1. The zero-order valence-electron chi connectivity index (χ0n) is 9.48. The van der Waals surface area contributed by atoms with Crippen molar-refractivity contribution >= 4 is 17.3 Å². The number of aromatic nitrogens is 1. The van der Waals surface area contributed by atoms with Gasteiger partial charge in [-0.2, -0.15) is 0 Å². The van der Waals surface area contributed by atoms with Crippen LogP contribution in [0.25, 0.3) is 0 Å². The van der Waals surface area contributed by atoms with Crippen LogP contribution in [0.15, 0.2) is 5.38 Å². The van der Waals surface area contributed by atoms with Crippen molar-refractivity contribution in [1.82, 2.24) is 4.98 Å². The van der Waals surface area contributed by atoms with Crippen LogP contribution >= 0.6 is 11.3 Å². The molecular formula is C12H17NO2S. The average molecular weight is 239 g/mol. The molecule has 1 aromatic rings.